The van der Waals surface area contributed by atoms with Crippen molar-refractivity contribution in [2.75, 3.05) is 43.2 Å². The Kier molecular flexibility index (Phi) is 7.34. The number of fused-ring (bicyclic) bond motifs is 1. The average Bonchev–Trinajstić information content (AvgIpc) is 3.29. The Morgan fingerprint density at radius 1 is 1.08 bits per heavy atom. The number of hydrogen-bond acceptors (Lipinski definition) is 9. The summed E-state index contributed by atoms with van der Waals surface area (Å²) in [5.74, 6) is 0.808. The second-order valence-electron chi connectivity index (χ2n) is 8.44. The molecule has 10 heteroatoms. The summed E-state index contributed by atoms with van der Waals surface area (Å²) in [4.78, 5) is 15.5. The van der Waals surface area contributed by atoms with E-state index in [4.69, 9.17) is 9.47 Å². The van der Waals surface area contributed by atoms with E-state index in [-0.39, 0.29) is 12.0 Å². The van der Waals surface area contributed by atoms with E-state index in [1.807, 2.05) is 53.6 Å². The van der Waals surface area contributed by atoms with Crippen molar-refractivity contribution in [2.24, 2.45) is 5.10 Å². The Hall–Kier alpha value is -4.02. The van der Waals surface area contributed by atoms with Gasteiger partial charge in [-0.25, -0.2) is 5.43 Å². The Labute approximate surface area is 209 Å². The fourth-order valence-electron chi connectivity index (χ4n) is 4.07. The number of nitrogens with one attached hydrogen (secondary N) is 1. The molecule has 0 amide bonds. The van der Waals surface area contributed by atoms with E-state index in [1.165, 1.54) is 5.56 Å². The molecular formula is C26H29N7O3. The van der Waals surface area contributed by atoms with Gasteiger partial charge in [-0.2, -0.15) is 20.1 Å². The lowest BCUT2D eigenvalue weighted by Crippen LogP contribution is -2.37. The van der Waals surface area contributed by atoms with Crippen LogP contribution in [0.3, 0.4) is 0 Å². The number of aliphatic hydroxyl groups excluding tert-OH is 1. The quantitative estimate of drug-likeness (QED) is 0.274. The highest BCUT2D eigenvalue weighted by Gasteiger charge is 2.17. The van der Waals surface area contributed by atoms with E-state index in [9.17, 15) is 5.11 Å². The molecule has 0 saturated carbocycles. The molecular weight excluding hydrogens is 458 g/mol. The van der Waals surface area contributed by atoms with Gasteiger partial charge in [-0.3, -0.25) is 0 Å². The Bertz CT molecular complexity index is 1320. The van der Waals surface area contributed by atoms with Crippen molar-refractivity contribution < 1.29 is 14.6 Å². The summed E-state index contributed by atoms with van der Waals surface area (Å²) in [5, 5.41) is 15.5. The largest absolute Gasteiger partial charge is 0.463 e. The number of ether oxygens (including phenoxy) is 2. The van der Waals surface area contributed by atoms with Gasteiger partial charge in [0, 0.05) is 36.7 Å². The summed E-state index contributed by atoms with van der Waals surface area (Å²) in [7, 11) is 0. The van der Waals surface area contributed by atoms with Crippen LogP contribution in [-0.2, 0) is 11.2 Å². The molecule has 1 unspecified atom stereocenters. The molecule has 1 aliphatic heterocycles. The fraction of sp³-hybridized carbons (Fsp3) is 0.308. The molecule has 2 N–H and O–H groups in total. The molecule has 0 aliphatic carbocycles. The highest BCUT2D eigenvalue weighted by Crippen LogP contribution is 2.23. The van der Waals surface area contributed by atoms with Gasteiger partial charge >= 0.3 is 6.01 Å². The summed E-state index contributed by atoms with van der Waals surface area (Å²) in [5.41, 5.74) is 5.89. The molecule has 186 valence electrons. The van der Waals surface area contributed by atoms with Crippen LogP contribution in [0.25, 0.3) is 10.9 Å². The van der Waals surface area contributed by atoms with Crippen LogP contribution in [0.5, 0.6) is 6.01 Å². The molecule has 1 aliphatic rings. The molecule has 0 radical (unpaired) electrons. The predicted molar refractivity (Wildman–Crippen MR) is 139 cm³/mol. The normalized spacial score (nSPS) is 14.9. The van der Waals surface area contributed by atoms with Crippen molar-refractivity contribution in [3.8, 4) is 6.01 Å². The molecule has 2 aromatic heterocycles. The number of hydrazone groups is 1. The van der Waals surface area contributed by atoms with Crippen molar-refractivity contribution in [3.63, 3.8) is 0 Å². The lowest BCUT2D eigenvalue weighted by atomic mass is 10.2. The zero-order valence-electron chi connectivity index (χ0n) is 20.1. The molecule has 0 bridgehead atoms. The van der Waals surface area contributed by atoms with Crippen LogP contribution in [0, 0.1) is 0 Å². The molecule has 1 fully saturated rings. The molecule has 36 heavy (non-hydrogen) atoms. The van der Waals surface area contributed by atoms with E-state index < -0.39 is 6.23 Å². The molecule has 0 spiro atoms. The van der Waals surface area contributed by atoms with Crippen LogP contribution in [0.15, 0.2) is 65.9 Å². The molecule has 3 heterocycles. The third-order valence-electron chi connectivity index (χ3n) is 5.90. The van der Waals surface area contributed by atoms with Crippen LogP contribution >= 0.6 is 0 Å². The van der Waals surface area contributed by atoms with Gasteiger partial charge in [0.15, 0.2) is 0 Å². The summed E-state index contributed by atoms with van der Waals surface area (Å²) < 4.78 is 13.2. The van der Waals surface area contributed by atoms with Crippen LogP contribution in [0.4, 0.5) is 11.9 Å². The first kappa shape index (κ1) is 23.7. The van der Waals surface area contributed by atoms with Crippen LogP contribution < -0.4 is 15.1 Å². The lowest BCUT2D eigenvalue weighted by molar-refractivity contribution is 0.122. The molecule has 4 aromatic rings. The third-order valence-corrected chi connectivity index (χ3v) is 5.90. The second-order valence-corrected chi connectivity index (χ2v) is 8.44. The van der Waals surface area contributed by atoms with Gasteiger partial charge in [0.25, 0.3) is 5.95 Å². The Balaban J connectivity index is 1.34. The maximum Gasteiger partial charge on any atom is 0.323 e. The number of rotatable bonds is 9. The maximum absolute atomic E-state index is 10.1. The van der Waals surface area contributed by atoms with Gasteiger partial charge in [0.05, 0.1) is 31.6 Å². The van der Waals surface area contributed by atoms with E-state index in [1.54, 1.807) is 17.7 Å². The first-order valence-electron chi connectivity index (χ1n) is 12.0. The van der Waals surface area contributed by atoms with Gasteiger partial charge in [-0.15, -0.1) is 0 Å². The number of para-hydroxylation sites is 1. The zero-order valence-corrected chi connectivity index (χ0v) is 20.1. The molecule has 1 saturated heterocycles. The second kappa shape index (κ2) is 11.1. The number of aromatic nitrogens is 4. The van der Waals surface area contributed by atoms with E-state index >= 15 is 0 Å². The summed E-state index contributed by atoms with van der Waals surface area (Å²) in [6.07, 6.45) is 3.65. The number of hydrogen-bond donors (Lipinski definition) is 2. The monoisotopic (exact) mass is 487 g/mol. The molecule has 1 atom stereocenters. The highest BCUT2D eigenvalue weighted by atomic mass is 16.5. The number of aliphatic hydroxyl groups is 1. The minimum absolute atomic E-state index is 0.242. The highest BCUT2D eigenvalue weighted by molar-refractivity contribution is 5.99. The first-order chi connectivity index (χ1) is 17.7. The minimum Gasteiger partial charge on any atom is -0.463 e. The lowest BCUT2D eigenvalue weighted by Gasteiger charge is -2.26. The van der Waals surface area contributed by atoms with Crippen molar-refractivity contribution in [2.45, 2.75) is 19.6 Å². The van der Waals surface area contributed by atoms with Crippen LogP contribution in [0.2, 0.25) is 0 Å². The van der Waals surface area contributed by atoms with Crippen molar-refractivity contribution in [3.05, 3.63) is 71.9 Å². The number of morpholine rings is 1. The van der Waals surface area contributed by atoms with Crippen molar-refractivity contribution >= 4 is 29.0 Å². The maximum atomic E-state index is 10.1. The Morgan fingerprint density at radius 3 is 2.67 bits per heavy atom. The molecule has 5 rings (SSSR count). The van der Waals surface area contributed by atoms with E-state index in [2.05, 4.69) is 37.6 Å². The molecule has 10 nitrogen and oxygen atoms in total. The van der Waals surface area contributed by atoms with E-state index in [0.29, 0.717) is 38.9 Å². The number of benzene rings is 2. The summed E-state index contributed by atoms with van der Waals surface area (Å²) in [6.45, 7) is 4.78. The third kappa shape index (κ3) is 5.61. The van der Waals surface area contributed by atoms with Gasteiger partial charge in [-0.05, 0) is 18.6 Å². The van der Waals surface area contributed by atoms with Gasteiger partial charge in [0.1, 0.15) is 6.23 Å². The Morgan fingerprint density at radius 2 is 1.86 bits per heavy atom. The van der Waals surface area contributed by atoms with Gasteiger partial charge in [0.2, 0.25) is 5.95 Å². The van der Waals surface area contributed by atoms with E-state index in [0.717, 1.165) is 22.9 Å². The predicted octanol–water partition coefficient (Wildman–Crippen LogP) is 3.24. The summed E-state index contributed by atoms with van der Waals surface area (Å²) >= 11 is 0. The molecule has 2 aromatic carbocycles. The van der Waals surface area contributed by atoms with Crippen LogP contribution in [-0.4, -0.2) is 63.8 Å². The number of anilines is 2. The number of nitrogens with zero attached hydrogens (tertiary/aromatic N) is 6. The van der Waals surface area contributed by atoms with Crippen molar-refractivity contribution in [1.82, 2.24) is 19.5 Å². The zero-order chi connectivity index (χ0) is 24.7. The average molecular weight is 488 g/mol. The van der Waals surface area contributed by atoms with Gasteiger partial charge in [-0.1, -0.05) is 48.5 Å². The smallest absolute Gasteiger partial charge is 0.323 e. The minimum atomic E-state index is -0.653. The SMILES string of the molecule is CC(O)n1cc(/C=N/Nc2nc(OCCc3ccccc3)nc(N3CCOCC3)n2)c2ccccc21. The van der Waals surface area contributed by atoms with Gasteiger partial charge < -0.3 is 24.0 Å². The van der Waals surface area contributed by atoms with Crippen molar-refractivity contribution in [1.29, 1.82) is 0 Å². The fourth-order valence-corrected chi connectivity index (χ4v) is 4.07. The van der Waals surface area contributed by atoms with Crippen LogP contribution in [0.1, 0.15) is 24.3 Å². The standard InChI is InChI=1S/C26H29N7O3/c1-19(34)33-18-21(22-9-5-6-10-23(22)33)17-27-31-24-28-25(32-12-15-35-16-13-32)30-26(29-24)36-14-11-20-7-3-2-4-8-20/h2-10,17-19,34H,11-16H2,1H3,(H,28,29,30,31)/b27-17+. The topological polar surface area (TPSA) is 110 Å². The first-order valence-corrected chi connectivity index (χ1v) is 12.0. The summed E-state index contributed by atoms with van der Waals surface area (Å²) in [6, 6.07) is 18.2.